The number of esters is 1. The molecule has 0 aromatic heterocycles. The van der Waals surface area contributed by atoms with Gasteiger partial charge in [0.25, 0.3) is 0 Å². The third-order valence-corrected chi connectivity index (χ3v) is 6.24. The fraction of sp³-hybridized carbons (Fsp3) is 0.381. The van der Waals surface area contributed by atoms with Crippen molar-refractivity contribution in [2.45, 2.75) is 12.8 Å². The maximum Gasteiger partial charge on any atom is 0.309 e. The molecule has 9 heteroatoms. The number of halogens is 2. The second-order valence-corrected chi connectivity index (χ2v) is 7.87. The number of carbonyl (C=O) groups excluding carboxylic acids is 1. The Morgan fingerprint density at radius 2 is 1.70 bits per heavy atom. The lowest BCUT2D eigenvalue weighted by molar-refractivity contribution is -0.141. The molecule has 30 heavy (non-hydrogen) atoms. The van der Waals surface area contributed by atoms with E-state index in [9.17, 15) is 9.90 Å². The van der Waals surface area contributed by atoms with E-state index in [0.717, 1.165) is 5.56 Å². The van der Waals surface area contributed by atoms with Gasteiger partial charge in [0.15, 0.2) is 23.0 Å². The van der Waals surface area contributed by atoms with Crippen molar-refractivity contribution in [2.75, 3.05) is 27.6 Å². The highest BCUT2D eigenvalue weighted by atomic mass is 35.5. The molecule has 1 saturated heterocycles. The van der Waals surface area contributed by atoms with Crippen LogP contribution >= 0.6 is 23.2 Å². The number of hydrogen-bond acceptors (Lipinski definition) is 7. The van der Waals surface area contributed by atoms with Crippen LogP contribution < -0.4 is 18.9 Å². The zero-order valence-electron chi connectivity index (χ0n) is 16.4. The molecule has 4 rings (SSSR count). The molecule has 0 saturated carbocycles. The van der Waals surface area contributed by atoms with Crippen molar-refractivity contribution in [3.8, 4) is 28.7 Å². The minimum absolute atomic E-state index is 0.0478. The Kier molecular flexibility index (Phi) is 5.75. The number of rotatable bonds is 6. The lowest BCUT2D eigenvalue weighted by Gasteiger charge is -2.20. The zero-order chi connectivity index (χ0) is 21.4. The third-order valence-electron chi connectivity index (χ3n) is 5.44. The minimum atomic E-state index is -0.468. The van der Waals surface area contributed by atoms with Gasteiger partial charge in [-0.05, 0) is 36.1 Å². The van der Waals surface area contributed by atoms with Crippen LogP contribution in [0.3, 0.4) is 0 Å². The average Bonchev–Trinajstić information content (AvgIpc) is 3.32. The topological polar surface area (TPSA) is 83.5 Å². The molecule has 1 N–H and O–H groups in total. The summed E-state index contributed by atoms with van der Waals surface area (Å²) in [5.74, 6) is 0.325. The highest BCUT2D eigenvalue weighted by Crippen LogP contribution is 2.50. The Hall–Kier alpha value is -2.51. The summed E-state index contributed by atoms with van der Waals surface area (Å²) >= 11 is 12.9. The van der Waals surface area contributed by atoms with Crippen molar-refractivity contribution in [1.29, 1.82) is 0 Å². The summed E-state index contributed by atoms with van der Waals surface area (Å²) in [6.45, 7) is 0.494. The maximum absolute atomic E-state index is 12.5. The highest BCUT2D eigenvalue weighted by molar-refractivity contribution is 6.38. The van der Waals surface area contributed by atoms with E-state index in [2.05, 4.69) is 0 Å². The van der Waals surface area contributed by atoms with Crippen LogP contribution in [-0.4, -0.2) is 38.7 Å². The number of phenolic OH excluding ortho intramolecular Hbond substituents is 1. The number of benzene rings is 2. The summed E-state index contributed by atoms with van der Waals surface area (Å²) in [5, 5.41) is 10.6. The van der Waals surface area contributed by atoms with Crippen molar-refractivity contribution in [3.05, 3.63) is 39.4 Å². The standard InChI is InChI=1S/C21H20Cl2O7/c1-26-19-16(22)13(17(23)20(27-2)18(19)24)7-12-11(8-28-21(12)25)5-10-3-4-14-15(6-10)30-9-29-14/h3-4,6,11-12,24H,5,7-9H2,1-2H3/t11-,12+/m1/s1. The Balaban J connectivity index is 1.62. The van der Waals surface area contributed by atoms with Crippen LogP contribution in [-0.2, 0) is 22.4 Å². The summed E-state index contributed by atoms with van der Waals surface area (Å²) in [6, 6.07) is 5.71. The molecule has 2 heterocycles. The third kappa shape index (κ3) is 3.56. The van der Waals surface area contributed by atoms with E-state index in [1.54, 1.807) is 0 Å². The summed E-state index contributed by atoms with van der Waals surface area (Å²) < 4.78 is 26.5. The van der Waals surface area contributed by atoms with Crippen LogP contribution in [0.25, 0.3) is 0 Å². The first-order chi connectivity index (χ1) is 14.4. The van der Waals surface area contributed by atoms with Crippen LogP contribution in [0.15, 0.2) is 18.2 Å². The predicted molar refractivity (Wildman–Crippen MR) is 109 cm³/mol. The second-order valence-electron chi connectivity index (χ2n) is 7.11. The zero-order valence-corrected chi connectivity index (χ0v) is 17.9. The molecular weight excluding hydrogens is 435 g/mol. The molecule has 160 valence electrons. The fourth-order valence-electron chi connectivity index (χ4n) is 3.88. The van der Waals surface area contributed by atoms with E-state index in [0.29, 0.717) is 30.1 Å². The number of ether oxygens (including phenoxy) is 5. The van der Waals surface area contributed by atoms with Gasteiger partial charge in [0, 0.05) is 5.92 Å². The van der Waals surface area contributed by atoms with Crippen LogP contribution in [0, 0.1) is 11.8 Å². The SMILES string of the molecule is COc1c(O)c(OC)c(Cl)c(C[C@@H]2C(=O)OC[C@H]2Cc2ccc3c(c2)OCO3)c1Cl. The monoisotopic (exact) mass is 454 g/mol. The number of cyclic esters (lactones) is 1. The van der Waals surface area contributed by atoms with Gasteiger partial charge in [0.05, 0.1) is 36.8 Å². The first kappa shape index (κ1) is 20.8. The van der Waals surface area contributed by atoms with Crippen molar-refractivity contribution in [1.82, 2.24) is 0 Å². The molecule has 2 aromatic rings. The van der Waals surface area contributed by atoms with Crippen LogP contribution in [0.1, 0.15) is 11.1 Å². The molecule has 0 aliphatic carbocycles. The first-order valence-electron chi connectivity index (χ1n) is 9.30. The molecule has 0 radical (unpaired) electrons. The summed E-state index contributed by atoms with van der Waals surface area (Å²) in [6.07, 6.45) is 0.827. The first-order valence-corrected chi connectivity index (χ1v) is 10.1. The molecule has 7 nitrogen and oxygen atoms in total. The van der Waals surface area contributed by atoms with Crippen LogP contribution in [0.2, 0.25) is 10.0 Å². The van der Waals surface area contributed by atoms with E-state index < -0.39 is 5.92 Å². The number of hydrogen-bond donors (Lipinski definition) is 1. The van der Waals surface area contributed by atoms with Crippen LogP contribution in [0.5, 0.6) is 28.7 Å². The Morgan fingerprint density at radius 1 is 1.03 bits per heavy atom. The molecular formula is C21H20Cl2O7. The molecule has 0 amide bonds. The number of fused-ring (bicyclic) bond motifs is 1. The van der Waals surface area contributed by atoms with Gasteiger partial charge in [-0.2, -0.15) is 0 Å². The molecule has 2 aromatic carbocycles. The molecule has 0 spiro atoms. The Bertz CT molecular complexity index is 961. The molecule has 2 atom stereocenters. The molecule has 2 aliphatic heterocycles. The van der Waals surface area contributed by atoms with E-state index >= 15 is 0 Å². The number of carbonyl (C=O) groups is 1. The van der Waals surface area contributed by atoms with Gasteiger partial charge in [0.2, 0.25) is 12.5 Å². The normalized spacial score (nSPS) is 19.7. The van der Waals surface area contributed by atoms with Crippen molar-refractivity contribution in [2.24, 2.45) is 11.8 Å². The van der Waals surface area contributed by atoms with Crippen molar-refractivity contribution < 1.29 is 33.6 Å². The second kappa shape index (κ2) is 8.32. The summed E-state index contributed by atoms with van der Waals surface area (Å²) in [5.41, 5.74) is 1.47. The number of methoxy groups -OCH3 is 2. The summed E-state index contributed by atoms with van der Waals surface area (Å²) in [4.78, 5) is 12.5. The fourth-order valence-corrected chi connectivity index (χ4v) is 4.60. The van der Waals surface area contributed by atoms with Gasteiger partial charge in [-0.15, -0.1) is 0 Å². The largest absolute Gasteiger partial charge is 0.502 e. The maximum atomic E-state index is 12.5. The lowest BCUT2D eigenvalue weighted by Crippen LogP contribution is -2.21. The van der Waals surface area contributed by atoms with Crippen molar-refractivity contribution >= 4 is 29.2 Å². The van der Waals surface area contributed by atoms with Gasteiger partial charge in [-0.1, -0.05) is 29.3 Å². The van der Waals surface area contributed by atoms with E-state index in [1.807, 2.05) is 18.2 Å². The predicted octanol–water partition coefficient (Wildman–Crippen LogP) is 4.02. The smallest absolute Gasteiger partial charge is 0.309 e. The molecule has 1 fully saturated rings. The summed E-state index contributed by atoms with van der Waals surface area (Å²) in [7, 11) is 2.76. The van der Waals surface area contributed by atoms with Gasteiger partial charge < -0.3 is 28.8 Å². The van der Waals surface area contributed by atoms with Crippen molar-refractivity contribution in [3.63, 3.8) is 0 Å². The average molecular weight is 455 g/mol. The van der Waals surface area contributed by atoms with E-state index in [1.165, 1.54) is 14.2 Å². The Morgan fingerprint density at radius 3 is 2.37 bits per heavy atom. The van der Waals surface area contributed by atoms with Gasteiger partial charge >= 0.3 is 5.97 Å². The number of aromatic hydroxyl groups is 1. The lowest BCUT2D eigenvalue weighted by atomic mass is 9.84. The molecule has 0 unspecified atom stereocenters. The molecule has 2 aliphatic rings. The van der Waals surface area contributed by atoms with E-state index in [4.69, 9.17) is 46.9 Å². The minimum Gasteiger partial charge on any atom is -0.502 e. The van der Waals surface area contributed by atoms with Crippen LogP contribution in [0.4, 0.5) is 0 Å². The Labute approximate surface area is 183 Å². The highest BCUT2D eigenvalue weighted by Gasteiger charge is 2.39. The van der Waals surface area contributed by atoms with Gasteiger partial charge in [-0.3, -0.25) is 4.79 Å². The number of phenols is 1. The quantitative estimate of drug-likeness (QED) is 0.659. The van der Waals surface area contributed by atoms with E-state index in [-0.39, 0.29) is 52.4 Å². The van der Waals surface area contributed by atoms with Gasteiger partial charge in [-0.25, -0.2) is 0 Å². The van der Waals surface area contributed by atoms with Gasteiger partial charge in [0.1, 0.15) is 0 Å². The molecule has 0 bridgehead atoms.